The predicted molar refractivity (Wildman–Crippen MR) is 60.1 cm³/mol. The van der Waals surface area contributed by atoms with Crippen molar-refractivity contribution in [2.24, 2.45) is 0 Å². The van der Waals surface area contributed by atoms with E-state index >= 15 is 0 Å². The molecule has 0 atom stereocenters. The van der Waals surface area contributed by atoms with Crippen molar-refractivity contribution in [2.75, 3.05) is 11.1 Å². The van der Waals surface area contributed by atoms with E-state index in [-0.39, 0.29) is 0 Å². The van der Waals surface area contributed by atoms with E-state index in [0.717, 1.165) is 5.82 Å². The Morgan fingerprint density at radius 2 is 2.33 bits per heavy atom. The highest BCUT2D eigenvalue weighted by molar-refractivity contribution is 9.10. The van der Waals surface area contributed by atoms with E-state index in [1.165, 1.54) is 0 Å². The van der Waals surface area contributed by atoms with E-state index in [1.807, 2.05) is 0 Å². The van der Waals surface area contributed by atoms with Crippen molar-refractivity contribution in [2.45, 2.75) is 6.54 Å². The standard InChI is InChI=1S/C8H9BrN6/c9-5-3-6(10)15-8(14-5)13-4-7-11-1-2-12-7/h1-3H,4H2,(H,11,12)(H3,10,13,14,15). The number of hydrogen-bond acceptors (Lipinski definition) is 5. The maximum absolute atomic E-state index is 5.56. The molecule has 0 saturated carbocycles. The summed E-state index contributed by atoms with van der Waals surface area (Å²) in [6.45, 7) is 0.531. The van der Waals surface area contributed by atoms with Gasteiger partial charge < -0.3 is 16.0 Å². The van der Waals surface area contributed by atoms with Crippen LogP contribution in [0.3, 0.4) is 0 Å². The van der Waals surface area contributed by atoms with Crippen molar-refractivity contribution in [3.05, 3.63) is 28.9 Å². The summed E-state index contributed by atoms with van der Waals surface area (Å²) >= 11 is 3.24. The van der Waals surface area contributed by atoms with Gasteiger partial charge in [-0.05, 0) is 15.9 Å². The van der Waals surface area contributed by atoms with Crippen molar-refractivity contribution in [3.63, 3.8) is 0 Å². The molecule has 0 aliphatic heterocycles. The molecule has 2 aromatic heterocycles. The van der Waals surface area contributed by atoms with Crippen LogP contribution in [0.15, 0.2) is 23.1 Å². The van der Waals surface area contributed by atoms with Gasteiger partial charge in [-0.2, -0.15) is 4.98 Å². The topological polar surface area (TPSA) is 92.5 Å². The van der Waals surface area contributed by atoms with E-state index in [1.54, 1.807) is 18.5 Å². The highest BCUT2D eigenvalue weighted by atomic mass is 79.9. The van der Waals surface area contributed by atoms with Gasteiger partial charge in [0.2, 0.25) is 5.95 Å². The van der Waals surface area contributed by atoms with Gasteiger partial charge in [0.1, 0.15) is 16.2 Å². The van der Waals surface area contributed by atoms with Crippen LogP contribution in [0.5, 0.6) is 0 Å². The summed E-state index contributed by atoms with van der Waals surface area (Å²) < 4.78 is 0.650. The summed E-state index contributed by atoms with van der Waals surface area (Å²) in [5.74, 6) is 1.70. The lowest BCUT2D eigenvalue weighted by Gasteiger charge is -2.03. The predicted octanol–water partition coefficient (Wildman–Crippen LogP) is 1.16. The molecule has 15 heavy (non-hydrogen) atoms. The minimum absolute atomic E-state index is 0.416. The van der Waals surface area contributed by atoms with Gasteiger partial charge in [0, 0.05) is 18.5 Å². The second-order valence-corrected chi connectivity index (χ2v) is 3.64. The molecule has 0 unspecified atom stereocenters. The largest absolute Gasteiger partial charge is 0.383 e. The van der Waals surface area contributed by atoms with Gasteiger partial charge in [-0.3, -0.25) is 0 Å². The number of imidazole rings is 1. The molecule has 2 heterocycles. The molecule has 0 spiro atoms. The Labute approximate surface area is 94.5 Å². The third-order valence-electron chi connectivity index (χ3n) is 1.68. The first kappa shape index (κ1) is 9.91. The van der Waals surface area contributed by atoms with Crippen molar-refractivity contribution in [1.29, 1.82) is 0 Å². The van der Waals surface area contributed by atoms with Crippen LogP contribution in [0.25, 0.3) is 0 Å². The smallest absolute Gasteiger partial charge is 0.226 e. The monoisotopic (exact) mass is 268 g/mol. The zero-order chi connectivity index (χ0) is 10.7. The van der Waals surface area contributed by atoms with Gasteiger partial charge in [0.05, 0.1) is 6.54 Å². The molecule has 7 heteroatoms. The van der Waals surface area contributed by atoms with Gasteiger partial charge >= 0.3 is 0 Å². The summed E-state index contributed by atoms with van der Waals surface area (Å²) in [4.78, 5) is 15.1. The number of nitrogens with one attached hydrogen (secondary N) is 2. The van der Waals surface area contributed by atoms with Crippen molar-refractivity contribution >= 4 is 27.7 Å². The number of rotatable bonds is 3. The second kappa shape index (κ2) is 4.26. The normalized spacial score (nSPS) is 10.2. The maximum Gasteiger partial charge on any atom is 0.226 e. The van der Waals surface area contributed by atoms with Crippen molar-refractivity contribution < 1.29 is 0 Å². The van der Waals surface area contributed by atoms with Crippen LogP contribution in [0, 0.1) is 0 Å². The summed E-state index contributed by atoms with van der Waals surface area (Å²) in [5.41, 5.74) is 5.56. The van der Waals surface area contributed by atoms with Crippen LogP contribution in [-0.2, 0) is 6.54 Å². The first-order valence-corrected chi connectivity index (χ1v) is 5.05. The van der Waals surface area contributed by atoms with Crippen LogP contribution >= 0.6 is 15.9 Å². The van der Waals surface area contributed by atoms with Crippen molar-refractivity contribution in [1.82, 2.24) is 19.9 Å². The lowest BCUT2D eigenvalue weighted by molar-refractivity contribution is 0.966. The molecular formula is C8H9BrN6. The lowest BCUT2D eigenvalue weighted by Crippen LogP contribution is -2.06. The molecule has 2 aromatic rings. The molecule has 2 rings (SSSR count). The van der Waals surface area contributed by atoms with Gasteiger partial charge in [-0.25, -0.2) is 9.97 Å². The van der Waals surface area contributed by atoms with Gasteiger partial charge in [0.15, 0.2) is 0 Å². The Bertz CT molecular complexity index is 420. The van der Waals surface area contributed by atoms with Crippen LogP contribution < -0.4 is 11.1 Å². The number of nitrogens with two attached hydrogens (primary N) is 1. The van der Waals surface area contributed by atoms with Crippen molar-refractivity contribution in [3.8, 4) is 0 Å². The number of aromatic nitrogens is 4. The zero-order valence-electron chi connectivity index (χ0n) is 7.74. The second-order valence-electron chi connectivity index (χ2n) is 2.83. The Morgan fingerprint density at radius 3 is 3.00 bits per heavy atom. The van der Waals surface area contributed by atoms with E-state index in [4.69, 9.17) is 5.73 Å². The van der Waals surface area contributed by atoms with Gasteiger partial charge in [0.25, 0.3) is 0 Å². The molecule has 0 aliphatic rings. The highest BCUT2D eigenvalue weighted by Gasteiger charge is 2.01. The highest BCUT2D eigenvalue weighted by Crippen LogP contribution is 2.12. The lowest BCUT2D eigenvalue weighted by atomic mass is 10.5. The summed E-state index contributed by atoms with van der Waals surface area (Å²) in [6.07, 6.45) is 3.44. The van der Waals surface area contributed by atoms with Gasteiger partial charge in [-0.15, -0.1) is 0 Å². The number of nitrogen functional groups attached to an aromatic ring is 1. The molecular weight excluding hydrogens is 260 g/mol. The first-order chi connectivity index (χ1) is 7.24. The summed E-state index contributed by atoms with van der Waals surface area (Å²) in [5, 5.41) is 3.00. The van der Waals surface area contributed by atoms with Crippen LogP contribution in [0.1, 0.15) is 5.82 Å². The minimum Gasteiger partial charge on any atom is -0.383 e. The van der Waals surface area contributed by atoms with E-state index < -0.39 is 0 Å². The first-order valence-electron chi connectivity index (χ1n) is 4.26. The average Bonchev–Trinajstić information content (AvgIpc) is 2.65. The molecule has 6 nitrogen and oxygen atoms in total. The van der Waals surface area contributed by atoms with E-state index in [2.05, 4.69) is 41.2 Å². The fraction of sp³-hybridized carbons (Fsp3) is 0.125. The fourth-order valence-electron chi connectivity index (χ4n) is 1.07. The van der Waals surface area contributed by atoms with Crippen LogP contribution in [-0.4, -0.2) is 19.9 Å². The summed E-state index contributed by atoms with van der Waals surface area (Å²) in [7, 11) is 0. The Morgan fingerprint density at radius 1 is 1.47 bits per heavy atom. The number of anilines is 2. The molecule has 78 valence electrons. The molecule has 0 aliphatic carbocycles. The zero-order valence-corrected chi connectivity index (χ0v) is 9.32. The molecule has 0 radical (unpaired) electrons. The number of nitrogens with zero attached hydrogens (tertiary/aromatic N) is 3. The van der Waals surface area contributed by atoms with E-state index in [9.17, 15) is 0 Å². The molecule has 0 amide bonds. The average molecular weight is 269 g/mol. The van der Waals surface area contributed by atoms with E-state index in [0.29, 0.717) is 22.9 Å². The Kier molecular flexibility index (Phi) is 2.82. The number of halogens is 1. The fourth-order valence-corrected chi connectivity index (χ4v) is 1.47. The molecule has 0 aromatic carbocycles. The molecule has 0 fully saturated rings. The molecule has 4 N–H and O–H groups in total. The summed E-state index contributed by atoms with van der Waals surface area (Å²) in [6, 6.07) is 1.64. The number of hydrogen-bond donors (Lipinski definition) is 3. The third-order valence-corrected chi connectivity index (χ3v) is 2.09. The molecule has 0 saturated heterocycles. The minimum atomic E-state index is 0.416. The number of aromatic amines is 1. The van der Waals surface area contributed by atoms with Crippen LogP contribution in [0.4, 0.5) is 11.8 Å². The Balaban J connectivity index is 2.05. The Hall–Kier alpha value is -1.63. The van der Waals surface area contributed by atoms with Crippen LogP contribution in [0.2, 0.25) is 0 Å². The quantitative estimate of drug-likeness (QED) is 0.727. The SMILES string of the molecule is Nc1cc(Br)nc(NCc2ncc[nH]2)n1. The maximum atomic E-state index is 5.56. The van der Waals surface area contributed by atoms with Gasteiger partial charge in [-0.1, -0.05) is 0 Å². The molecule has 0 bridgehead atoms. The number of H-pyrrole nitrogens is 1. The third kappa shape index (κ3) is 2.66.